The molecule has 0 aliphatic carbocycles. The first-order valence-corrected chi connectivity index (χ1v) is 7.00. The smallest absolute Gasteiger partial charge is 0.308 e. The molecule has 0 aromatic rings. The fourth-order valence-corrected chi connectivity index (χ4v) is 2.11. The molecular weight excluding hydrogens is 260 g/mol. The van der Waals surface area contributed by atoms with Crippen LogP contribution in [0.3, 0.4) is 0 Å². The van der Waals surface area contributed by atoms with Crippen molar-refractivity contribution in [1.29, 1.82) is 0 Å². The summed E-state index contributed by atoms with van der Waals surface area (Å²) in [4.78, 5) is 36.2. The van der Waals surface area contributed by atoms with Crippen LogP contribution >= 0.6 is 0 Å². The highest BCUT2D eigenvalue weighted by atomic mass is 16.4. The van der Waals surface area contributed by atoms with Gasteiger partial charge in [-0.25, -0.2) is 0 Å². The molecule has 0 saturated carbocycles. The Bertz CT molecular complexity index is 387. The van der Waals surface area contributed by atoms with E-state index in [1.807, 2.05) is 20.8 Å². The van der Waals surface area contributed by atoms with Gasteiger partial charge in [-0.1, -0.05) is 20.8 Å². The highest BCUT2D eigenvalue weighted by molar-refractivity contribution is 5.82. The summed E-state index contributed by atoms with van der Waals surface area (Å²) in [6.45, 7) is 6.62. The van der Waals surface area contributed by atoms with Crippen molar-refractivity contribution < 1.29 is 19.5 Å². The maximum absolute atomic E-state index is 12.0. The van der Waals surface area contributed by atoms with Gasteiger partial charge in [-0.3, -0.25) is 14.4 Å². The largest absolute Gasteiger partial charge is 0.481 e. The predicted octanol–water partition coefficient (Wildman–Crippen LogP) is 0.862. The molecule has 114 valence electrons. The number of carboxylic acid groups (broad SMARTS) is 1. The Labute approximate surface area is 119 Å². The van der Waals surface area contributed by atoms with Crippen molar-refractivity contribution in [2.45, 2.75) is 40.0 Å². The number of likely N-dealkylation sites (tertiary alicyclic amines) is 1. The molecule has 1 aliphatic heterocycles. The minimum absolute atomic E-state index is 0.0904. The van der Waals surface area contributed by atoms with E-state index >= 15 is 0 Å². The topological polar surface area (TPSA) is 86.7 Å². The monoisotopic (exact) mass is 284 g/mol. The third-order valence-corrected chi connectivity index (χ3v) is 3.43. The molecule has 6 heteroatoms. The Hall–Kier alpha value is -1.59. The second-order valence-electron chi connectivity index (χ2n) is 6.27. The van der Waals surface area contributed by atoms with Crippen LogP contribution in [0.5, 0.6) is 0 Å². The summed E-state index contributed by atoms with van der Waals surface area (Å²) in [7, 11) is 0. The normalized spacial score (nSPS) is 19.6. The first-order chi connectivity index (χ1) is 9.21. The zero-order valence-electron chi connectivity index (χ0n) is 12.4. The molecule has 6 nitrogen and oxygen atoms in total. The number of nitrogens with one attached hydrogen (secondary N) is 1. The Kier molecular flexibility index (Phi) is 5.53. The van der Waals surface area contributed by atoms with Crippen molar-refractivity contribution in [2.75, 3.05) is 19.6 Å². The molecular formula is C14H24N2O4. The van der Waals surface area contributed by atoms with Gasteiger partial charge >= 0.3 is 5.97 Å². The number of hydrogen-bond acceptors (Lipinski definition) is 3. The van der Waals surface area contributed by atoms with Crippen molar-refractivity contribution in [3.8, 4) is 0 Å². The van der Waals surface area contributed by atoms with Crippen LogP contribution in [0.1, 0.15) is 40.0 Å². The van der Waals surface area contributed by atoms with E-state index in [4.69, 9.17) is 5.11 Å². The van der Waals surface area contributed by atoms with E-state index in [0.29, 0.717) is 19.5 Å². The lowest BCUT2D eigenvalue weighted by atomic mass is 9.95. The Morgan fingerprint density at radius 3 is 2.50 bits per heavy atom. The van der Waals surface area contributed by atoms with Gasteiger partial charge in [0.1, 0.15) is 0 Å². The highest BCUT2D eigenvalue weighted by Crippen LogP contribution is 2.17. The Morgan fingerprint density at radius 2 is 1.95 bits per heavy atom. The van der Waals surface area contributed by atoms with Crippen LogP contribution in [0.4, 0.5) is 0 Å². The highest BCUT2D eigenvalue weighted by Gasteiger charge is 2.28. The van der Waals surface area contributed by atoms with E-state index in [1.54, 1.807) is 4.90 Å². The number of piperidine rings is 1. The third-order valence-electron chi connectivity index (χ3n) is 3.43. The number of amides is 2. The fourth-order valence-electron chi connectivity index (χ4n) is 2.11. The van der Waals surface area contributed by atoms with E-state index in [0.717, 1.165) is 6.42 Å². The molecule has 2 N–H and O–H groups in total. The number of aliphatic carboxylic acids is 1. The molecule has 1 rings (SSSR count). The lowest BCUT2D eigenvalue weighted by molar-refractivity contribution is -0.145. The molecule has 1 fully saturated rings. The quantitative estimate of drug-likeness (QED) is 0.801. The van der Waals surface area contributed by atoms with Crippen LogP contribution in [-0.4, -0.2) is 47.4 Å². The maximum atomic E-state index is 12.0. The van der Waals surface area contributed by atoms with E-state index in [2.05, 4.69) is 5.32 Å². The Morgan fingerprint density at radius 1 is 1.30 bits per heavy atom. The summed E-state index contributed by atoms with van der Waals surface area (Å²) in [6, 6.07) is 0. The molecule has 0 aromatic heterocycles. The van der Waals surface area contributed by atoms with Gasteiger partial charge in [0.2, 0.25) is 11.8 Å². The van der Waals surface area contributed by atoms with Gasteiger partial charge in [0.25, 0.3) is 0 Å². The average molecular weight is 284 g/mol. The van der Waals surface area contributed by atoms with Gasteiger partial charge in [0.15, 0.2) is 0 Å². The van der Waals surface area contributed by atoms with Crippen LogP contribution in [0.2, 0.25) is 0 Å². The molecule has 2 amide bonds. The van der Waals surface area contributed by atoms with Gasteiger partial charge in [-0.05, 0) is 12.8 Å². The van der Waals surface area contributed by atoms with Crippen molar-refractivity contribution in [2.24, 2.45) is 11.3 Å². The number of carbonyl (C=O) groups excluding carboxylic acids is 2. The van der Waals surface area contributed by atoms with Crippen molar-refractivity contribution in [3.05, 3.63) is 0 Å². The predicted molar refractivity (Wildman–Crippen MR) is 74.0 cm³/mol. The summed E-state index contributed by atoms with van der Waals surface area (Å²) in [5, 5.41) is 11.7. The summed E-state index contributed by atoms with van der Waals surface area (Å²) in [5.74, 6) is -1.49. The van der Waals surface area contributed by atoms with E-state index < -0.39 is 17.3 Å². The number of nitrogens with zero attached hydrogens (tertiary/aromatic N) is 1. The van der Waals surface area contributed by atoms with E-state index in [9.17, 15) is 14.4 Å². The summed E-state index contributed by atoms with van der Waals surface area (Å²) in [6.07, 6.45) is 1.56. The molecule has 1 atom stereocenters. The van der Waals surface area contributed by atoms with Gasteiger partial charge in [-0.2, -0.15) is 0 Å². The van der Waals surface area contributed by atoms with Crippen molar-refractivity contribution in [1.82, 2.24) is 10.2 Å². The number of rotatable bonds is 4. The van der Waals surface area contributed by atoms with Crippen LogP contribution in [0.15, 0.2) is 0 Å². The third kappa shape index (κ3) is 4.83. The molecule has 1 aliphatic rings. The first-order valence-electron chi connectivity index (χ1n) is 7.00. The van der Waals surface area contributed by atoms with Crippen LogP contribution < -0.4 is 5.32 Å². The summed E-state index contributed by atoms with van der Waals surface area (Å²) < 4.78 is 0. The molecule has 0 radical (unpaired) electrons. The lowest BCUT2D eigenvalue weighted by Gasteiger charge is -2.31. The minimum atomic E-state index is -0.844. The van der Waals surface area contributed by atoms with Gasteiger partial charge < -0.3 is 15.3 Å². The van der Waals surface area contributed by atoms with Gasteiger partial charge in [-0.15, -0.1) is 0 Å². The van der Waals surface area contributed by atoms with E-state index in [-0.39, 0.29) is 24.8 Å². The van der Waals surface area contributed by atoms with Crippen LogP contribution in [0, 0.1) is 11.3 Å². The van der Waals surface area contributed by atoms with Crippen LogP contribution in [-0.2, 0) is 14.4 Å². The number of hydrogen-bond donors (Lipinski definition) is 2. The Balaban J connectivity index is 2.36. The van der Waals surface area contributed by atoms with Gasteiger partial charge in [0, 0.05) is 31.5 Å². The van der Waals surface area contributed by atoms with Gasteiger partial charge in [0.05, 0.1) is 5.92 Å². The molecule has 1 saturated heterocycles. The molecule has 20 heavy (non-hydrogen) atoms. The fraction of sp³-hybridized carbons (Fsp3) is 0.786. The van der Waals surface area contributed by atoms with Crippen molar-refractivity contribution >= 4 is 17.8 Å². The number of carboxylic acids is 1. The van der Waals surface area contributed by atoms with Crippen molar-refractivity contribution in [3.63, 3.8) is 0 Å². The molecule has 0 bridgehead atoms. The summed E-state index contributed by atoms with van der Waals surface area (Å²) >= 11 is 0. The summed E-state index contributed by atoms with van der Waals surface area (Å²) in [5.41, 5.74) is -0.470. The maximum Gasteiger partial charge on any atom is 0.308 e. The second-order valence-corrected chi connectivity index (χ2v) is 6.27. The molecule has 1 heterocycles. The number of carbonyl (C=O) groups is 3. The molecule has 1 unspecified atom stereocenters. The zero-order valence-corrected chi connectivity index (χ0v) is 12.4. The SMILES string of the molecule is CC(C)(C)C(=O)NCCC(=O)N1CCCC(C(=O)O)C1. The average Bonchev–Trinajstić information content (AvgIpc) is 2.37. The molecule has 0 aromatic carbocycles. The van der Waals surface area contributed by atoms with Crippen LogP contribution in [0.25, 0.3) is 0 Å². The standard InChI is InChI=1S/C14H24N2O4/c1-14(2,3)13(20)15-7-6-11(17)16-8-4-5-10(9-16)12(18)19/h10H,4-9H2,1-3H3,(H,15,20)(H,18,19). The van der Waals surface area contributed by atoms with E-state index in [1.165, 1.54) is 0 Å². The minimum Gasteiger partial charge on any atom is -0.481 e. The lowest BCUT2D eigenvalue weighted by Crippen LogP contribution is -2.44. The first kappa shape index (κ1) is 16.5. The molecule has 0 spiro atoms. The second kappa shape index (κ2) is 6.72. The zero-order chi connectivity index (χ0) is 15.3.